The summed E-state index contributed by atoms with van der Waals surface area (Å²) in [6.45, 7) is 4.53. The van der Waals surface area contributed by atoms with Crippen LogP contribution in [-0.2, 0) is 9.53 Å². The summed E-state index contributed by atoms with van der Waals surface area (Å²) < 4.78 is 31.7. The molecule has 0 aliphatic carbocycles. The van der Waals surface area contributed by atoms with Gasteiger partial charge in [0.15, 0.2) is 0 Å². The number of aliphatic carboxylic acids is 1. The SMILES string of the molecule is CC(C)(C)OC(=O)NCC(C(=O)O)c1cc(F)ccc1F. The number of carbonyl (C=O) groups excluding carboxylic acids is 1. The maximum absolute atomic E-state index is 13.6. The molecule has 1 unspecified atom stereocenters. The Morgan fingerprint density at radius 2 is 1.95 bits per heavy atom. The molecule has 5 nitrogen and oxygen atoms in total. The van der Waals surface area contributed by atoms with E-state index in [0.717, 1.165) is 18.2 Å². The Bertz CT molecular complexity index is 540. The van der Waals surface area contributed by atoms with Crippen molar-refractivity contribution >= 4 is 12.1 Å². The van der Waals surface area contributed by atoms with Crippen molar-refractivity contribution in [3.63, 3.8) is 0 Å². The summed E-state index contributed by atoms with van der Waals surface area (Å²) >= 11 is 0. The molecule has 7 heteroatoms. The normalized spacial score (nSPS) is 12.6. The van der Waals surface area contributed by atoms with Gasteiger partial charge in [-0.2, -0.15) is 0 Å². The number of ether oxygens (including phenoxy) is 1. The van der Waals surface area contributed by atoms with E-state index in [1.54, 1.807) is 20.8 Å². The van der Waals surface area contributed by atoms with Crippen LogP contribution in [0.15, 0.2) is 18.2 Å². The molecule has 1 aromatic carbocycles. The van der Waals surface area contributed by atoms with E-state index < -0.39 is 41.8 Å². The van der Waals surface area contributed by atoms with E-state index in [9.17, 15) is 18.4 Å². The third-order valence-corrected chi connectivity index (χ3v) is 2.48. The predicted octanol–water partition coefficient (Wildman–Crippen LogP) is 2.66. The van der Waals surface area contributed by atoms with Gasteiger partial charge in [-0.15, -0.1) is 0 Å². The molecule has 0 bridgehead atoms. The van der Waals surface area contributed by atoms with Crippen molar-refractivity contribution in [2.45, 2.75) is 32.3 Å². The second-order valence-corrected chi connectivity index (χ2v) is 5.44. The Morgan fingerprint density at radius 1 is 1.33 bits per heavy atom. The lowest BCUT2D eigenvalue weighted by atomic mass is 9.98. The van der Waals surface area contributed by atoms with E-state index in [1.165, 1.54) is 0 Å². The molecule has 21 heavy (non-hydrogen) atoms. The van der Waals surface area contributed by atoms with Crippen molar-refractivity contribution in [3.05, 3.63) is 35.4 Å². The van der Waals surface area contributed by atoms with Gasteiger partial charge in [-0.1, -0.05) is 0 Å². The van der Waals surface area contributed by atoms with E-state index >= 15 is 0 Å². The number of alkyl carbamates (subject to hydrolysis) is 1. The van der Waals surface area contributed by atoms with Gasteiger partial charge in [-0.25, -0.2) is 13.6 Å². The van der Waals surface area contributed by atoms with Crippen molar-refractivity contribution in [1.82, 2.24) is 5.32 Å². The highest BCUT2D eigenvalue weighted by Gasteiger charge is 2.25. The van der Waals surface area contributed by atoms with Crippen LogP contribution < -0.4 is 5.32 Å². The fourth-order valence-corrected chi connectivity index (χ4v) is 1.61. The Labute approximate surface area is 120 Å². The average molecular weight is 301 g/mol. The van der Waals surface area contributed by atoms with Gasteiger partial charge in [0.1, 0.15) is 23.2 Å². The Kier molecular flexibility index (Phi) is 5.23. The van der Waals surface area contributed by atoms with Crippen molar-refractivity contribution in [2.24, 2.45) is 0 Å². The third-order valence-electron chi connectivity index (χ3n) is 2.48. The highest BCUT2D eigenvalue weighted by atomic mass is 19.1. The van der Waals surface area contributed by atoms with E-state index in [-0.39, 0.29) is 5.56 Å². The first kappa shape index (κ1) is 16.9. The smallest absolute Gasteiger partial charge is 0.407 e. The molecule has 0 fully saturated rings. The molecule has 0 radical (unpaired) electrons. The molecule has 116 valence electrons. The summed E-state index contributed by atoms with van der Waals surface area (Å²) in [7, 11) is 0. The van der Waals surface area contributed by atoms with Crippen LogP contribution in [0.1, 0.15) is 32.3 Å². The predicted molar refractivity (Wildman–Crippen MR) is 71.0 cm³/mol. The summed E-state index contributed by atoms with van der Waals surface area (Å²) in [5, 5.41) is 11.3. The van der Waals surface area contributed by atoms with Gasteiger partial charge >= 0.3 is 12.1 Å². The number of carboxylic acid groups (broad SMARTS) is 1. The molecule has 1 amide bonds. The molecule has 0 saturated heterocycles. The fraction of sp³-hybridized carbons (Fsp3) is 0.429. The number of hydrogen-bond acceptors (Lipinski definition) is 3. The molecule has 0 heterocycles. The number of amides is 1. The highest BCUT2D eigenvalue weighted by Crippen LogP contribution is 2.20. The summed E-state index contributed by atoms with van der Waals surface area (Å²) in [5.41, 5.74) is -1.08. The Balaban J connectivity index is 2.82. The van der Waals surface area contributed by atoms with Crippen LogP contribution >= 0.6 is 0 Å². The molecule has 0 spiro atoms. The van der Waals surface area contributed by atoms with Gasteiger partial charge in [0.05, 0.1) is 0 Å². The first-order valence-electron chi connectivity index (χ1n) is 6.25. The van der Waals surface area contributed by atoms with Crippen LogP contribution in [0.2, 0.25) is 0 Å². The van der Waals surface area contributed by atoms with Crippen molar-refractivity contribution < 1.29 is 28.2 Å². The Hall–Kier alpha value is -2.18. The van der Waals surface area contributed by atoms with Gasteiger partial charge in [0.25, 0.3) is 0 Å². The van der Waals surface area contributed by atoms with Gasteiger partial charge in [0.2, 0.25) is 0 Å². The zero-order chi connectivity index (χ0) is 16.2. The summed E-state index contributed by atoms with van der Waals surface area (Å²) in [4.78, 5) is 22.7. The van der Waals surface area contributed by atoms with E-state index in [0.29, 0.717) is 0 Å². The second kappa shape index (κ2) is 6.51. The minimum absolute atomic E-state index is 0.335. The lowest BCUT2D eigenvalue weighted by Crippen LogP contribution is -2.36. The van der Waals surface area contributed by atoms with Crippen LogP contribution in [0, 0.1) is 11.6 Å². The molecule has 1 atom stereocenters. The average Bonchev–Trinajstić information content (AvgIpc) is 2.31. The first-order valence-corrected chi connectivity index (χ1v) is 6.25. The molecule has 0 saturated carbocycles. The number of halogens is 2. The first-order chi connectivity index (χ1) is 9.60. The number of hydrogen-bond donors (Lipinski definition) is 2. The van der Waals surface area contributed by atoms with Gasteiger partial charge < -0.3 is 15.2 Å². The van der Waals surface area contributed by atoms with Crippen LogP contribution in [-0.4, -0.2) is 29.3 Å². The molecule has 1 aromatic rings. The molecule has 0 aromatic heterocycles. The van der Waals surface area contributed by atoms with E-state index in [4.69, 9.17) is 9.84 Å². The number of carbonyl (C=O) groups is 2. The van der Waals surface area contributed by atoms with E-state index in [2.05, 4.69) is 5.32 Å². The molecule has 0 aliphatic rings. The minimum Gasteiger partial charge on any atom is -0.481 e. The van der Waals surface area contributed by atoms with Gasteiger partial charge in [0, 0.05) is 12.1 Å². The molecule has 0 aliphatic heterocycles. The third kappa shape index (κ3) is 5.37. The van der Waals surface area contributed by atoms with Gasteiger partial charge in [-0.05, 0) is 39.0 Å². The zero-order valence-corrected chi connectivity index (χ0v) is 11.9. The zero-order valence-electron chi connectivity index (χ0n) is 11.9. The minimum atomic E-state index is -1.41. The quantitative estimate of drug-likeness (QED) is 0.896. The second-order valence-electron chi connectivity index (χ2n) is 5.44. The molecular weight excluding hydrogens is 284 g/mol. The number of nitrogens with one attached hydrogen (secondary N) is 1. The van der Waals surface area contributed by atoms with Crippen LogP contribution in [0.3, 0.4) is 0 Å². The number of rotatable bonds is 4. The monoisotopic (exact) mass is 301 g/mol. The molecular formula is C14H17F2NO4. The summed E-state index contributed by atoms with van der Waals surface area (Å²) in [5.74, 6) is -4.39. The summed E-state index contributed by atoms with van der Waals surface area (Å²) in [6, 6.07) is 2.53. The number of carboxylic acids is 1. The van der Waals surface area contributed by atoms with Crippen LogP contribution in [0.5, 0.6) is 0 Å². The number of benzene rings is 1. The van der Waals surface area contributed by atoms with Crippen LogP contribution in [0.25, 0.3) is 0 Å². The van der Waals surface area contributed by atoms with Crippen molar-refractivity contribution in [2.75, 3.05) is 6.54 Å². The van der Waals surface area contributed by atoms with Crippen molar-refractivity contribution in [3.8, 4) is 0 Å². The topological polar surface area (TPSA) is 75.6 Å². The highest BCUT2D eigenvalue weighted by molar-refractivity contribution is 5.77. The largest absolute Gasteiger partial charge is 0.481 e. The maximum Gasteiger partial charge on any atom is 0.407 e. The van der Waals surface area contributed by atoms with Crippen LogP contribution in [0.4, 0.5) is 13.6 Å². The standard InChI is InChI=1S/C14H17F2NO4/c1-14(2,3)21-13(20)17-7-10(12(18)19)9-6-8(15)4-5-11(9)16/h4-6,10H,7H2,1-3H3,(H,17,20)(H,18,19). The molecule has 2 N–H and O–H groups in total. The Morgan fingerprint density at radius 3 is 2.48 bits per heavy atom. The van der Waals surface area contributed by atoms with E-state index in [1.807, 2.05) is 0 Å². The maximum atomic E-state index is 13.6. The molecule has 1 rings (SSSR count). The lowest BCUT2D eigenvalue weighted by Gasteiger charge is -2.21. The lowest BCUT2D eigenvalue weighted by molar-refractivity contribution is -0.138. The summed E-state index contributed by atoms with van der Waals surface area (Å²) in [6.07, 6.45) is -0.828. The van der Waals surface area contributed by atoms with Gasteiger partial charge in [-0.3, -0.25) is 4.79 Å². The van der Waals surface area contributed by atoms with Crippen molar-refractivity contribution in [1.29, 1.82) is 0 Å². The fourth-order valence-electron chi connectivity index (χ4n) is 1.61.